The fourth-order valence-electron chi connectivity index (χ4n) is 3.48. The SMILES string of the molecule is COc1c(Br)cc2ccccc2c1-c1c(OC)c(Br)cc2ccccc12. The first-order valence-corrected chi connectivity index (χ1v) is 9.75. The lowest BCUT2D eigenvalue weighted by Crippen LogP contribution is -1.96. The fourth-order valence-corrected chi connectivity index (χ4v) is 4.70. The Morgan fingerprint density at radius 1 is 0.615 bits per heavy atom. The van der Waals surface area contributed by atoms with Crippen LogP contribution in [0.1, 0.15) is 0 Å². The molecule has 4 rings (SSSR count). The van der Waals surface area contributed by atoms with Crippen LogP contribution in [0, 0.1) is 0 Å². The molecule has 0 aliphatic carbocycles. The summed E-state index contributed by atoms with van der Waals surface area (Å²) in [5.41, 5.74) is 2.04. The molecule has 4 aromatic carbocycles. The third kappa shape index (κ3) is 2.68. The normalized spacial score (nSPS) is 11.1. The number of halogens is 2. The van der Waals surface area contributed by atoms with Gasteiger partial charge in [-0.05, 0) is 65.5 Å². The van der Waals surface area contributed by atoms with Gasteiger partial charge in [0, 0.05) is 11.1 Å². The van der Waals surface area contributed by atoms with Crippen LogP contribution in [-0.2, 0) is 0 Å². The van der Waals surface area contributed by atoms with Crippen molar-refractivity contribution >= 4 is 53.4 Å². The molecule has 0 aliphatic heterocycles. The molecule has 0 N–H and O–H groups in total. The first-order valence-electron chi connectivity index (χ1n) is 8.16. The summed E-state index contributed by atoms with van der Waals surface area (Å²) >= 11 is 7.35. The number of methoxy groups -OCH3 is 2. The minimum absolute atomic E-state index is 0.797. The highest BCUT2D eigenvalue weighted by molar-refractivity contribution is 9.11. The van der Waals surface area contributed by atoms with Gasteiger partial charge in [0.2, 0.25) is 0 Å². The highest BCUT2D eigenvalue weighted by Gasteiger charge is 2.22. The summed E-state index contributed by atoms with van der Waals surface area (Å²) in [4.78, 5) is 0. The lowest BCUT2D eigenvalue weighted by atomic mass is 9.92. The van der Waals surface area contributed by atoms with Gasteiger partial charge < -0.3 is 9.47 Å². The van der Waals surface area contributed by atoms with E-state index in [9.17, 15) is 0 Å². The molecule has 0 heterocycles. The van der Waals surface area contributed by atoms with E-state index >= 15 is 0 Å². The van der Waals surface area contributed by atoms with E-state index in [0.29, 0.717) is 0 Å². The van der Waals surface area contributed by atoms with Crippen molar-refractivity contribution in [3.63, 3.8) is 0 Å². The topological polar surface area (TPSA) is 18.5 Å². The van der Waals surface area contributed by atoms with Gasteiger partial charge in [-0.15, -0.1) is 0 Å². The van der Waals surface area contributed by atoms with Crippen LogP contribution in [0.4, 0.5) is 0 Å². The Bertz CT molecular complexity index is 1040. The summed E-state index contributed by atoms with van der Waals surface area (Å²) < 4.78 is 13.5. The minimum atomic E-state index is 0.797. The average Bonchev–Trinajstić information content (AvgIpc) is 2.66. The first kappa shape index (κ1) is 17.4. The maximum atomic E-state index is 5.81. The van der Waals surface area contributed by atoms with Crippen molar-refractivity contribution in [1.82, 2.24) is 0 Å². The smallest absolute Gasteiger partial charge is 0.141 e. The highest BCUT2D eigenvalue weighted by Crippen LogP contribution is 2.50. The van der Waals surface area contributed by atoms with E-state index in [4.69, 9.17) is 9.47 Å². The standard InChI is InChI=1S/C22H16Br2O2/c1-25-21-17(23)11-13-7-3-5-9-15(13)19(21)20-16-10-6-4-8-14(16)12-18(24)22(20)26-2/h3-12H,1-2H3. The summed E-state index contributed by atoms with van der Waals surface area (Å²) in [5, 5.41) is 4.52. The predicted molar refractivity (Wildman–Crippen MR) is 115 cm³/mol. The highest BCUT2D eigenvalue weighted by atomic mass is 79.9. The molecular weight excluding hydrogens is 456 g/mol. The lowest BCUT2D eigenvalue weighted by Gasteiger charge is -2.19. The van der Waals surface area contributed by atoms with Gasteiger partial charge in [0.1, 0.15) is 11.5 Å². The molecule has 0 aliphatic rings. The van der Waals surface area contributed by atoms with Crippen LogP contribution in [0.15, 0.2) is 69.6 Å². The summed E-state index contributed by atoms with van der Waals surface area (Å²) in [7, 11) is 3.40. The van der Waals surface area contributed by atoms with Crippen LogP contribution in [-0.4, -0.2) is 14.2 Å². The number of rotatable bonds is 3. The Hall–Kier alpha value is -2.04. The maximum absolute atomic E-state index is 5.81. The molecule has 0 saturated carbocycles. The van der Waals surface area contributed by atoms with Crippen LogP contribution < -0.4 is 9.47 Å². The van der Waals surface area contributed by atoms with Crippen LogP contribution >= 0.6 is 31.9 Å². The summed E-state index contributed by atoms with van der Waals surface area (Å²) in [6.07, 6.45) is 0. The second-order valence-electron chi connectivity index (χ2n) is 5.98. The first-order chi connectivity index (χ1) is 12.7. The summed E-state index contributed by atoms with van der Waals surface area (Å²) in [6, 6.07) is 20.8. The van der Waals surface area contributed by atoms with Gasteiger partial charge in [0.05, 0.1) is 23.2 Å². The molecule has 0 amide bonds. The summed E-state index contributed by atoms with van der Waals surface area (Å²) in [5.74, 6) is 1.59. The number of benzene rings is 4. The van der Waals surface area contributed by atoms with Crippen LogP contribution in [0.2, 0.25) is 0 Å². The molecule has 4 heteroatoms. The Morgan fingerprint density at radius 2 is 1.00 bits per heavy atom. The molecule has 0 atom stereocenters. The average molecular weight is 472 g/mol. The van der Waals surface area contributed by atoms with E-state index in [-0.39, 0.29) is 0 Å². The fraction of sp³-hybridized carbons (Fsp3) is 0.0909. The Morgan fingerprint density at radius 3 is 1.38 bits per heavy atom. The molecule has 0 saturated heterocycles. The van der Waals surface area contributed by atoms with Crippen LogP contribution in [0.25, 0.3) is 32.7 Å². The zero-order valence-electron chi connectivity index (χ0n) is 14.3. The van der Waals surface area contributed by atoms with Gasteiger partial charge in [-0.25, -0.2) is 0 Å². The molecule has 0 spiro atoms. The van der Waals surface area contributed by atoms with Crippen molar-refractivity contribution < 1.29 is 9.47 Å². The van der Waals surface area contributed by atoms with Gasteiger partial charge in [0.25, 0.3) is 0 Å². The minimum Gasteiger partial charge on any atom is -0.495 e. The van der Waals surface area contributed by atoms with Crippen molar-refractivity contribution in [3.05, 3.63) is 69.6 Å². The van der Waals surface area contributed by atoms with E-state index in [1.165, 1.54) is 0 Å². The third-order valence-electron chi connectivity index (χ3n) is 4.57. The number of fused-ring (bicyclic) bond motifs is 2. The predicted octanol–water partition coefficient (Wildman–Crippen LogP) is 7.20. The molecular formula is C22H16Br2O2. The molecule has 0 bridgehead atoms. The van der Waals surface area contributed by atoms with Gasteiger partial charge in [-0.3, -0.25) is 0 Å². The van der Waals surface area contributed by atoms with E-state index in [1.54, 1.807) is 14.2 Å². The van der Waals surface area contributed by atoms with E-state index in [1.807, 2.05) is 24.3 Å². The molecule has 4 aromatic rings. The third-order valence-corrected chi connectivity index (χ3v) is 5.75. The molecule has 130 valence electrons. The van der Waals surface area contributed by atoms with Crippen molar-refractivity contribution in [2.24, 2.45) is 0 Å². The largest absolute Gasteiger partial charge is 0.495 e. The van der Waals surface area contributed by atoms with Gasteiger partial charge >= 0.3 is 0 Å². The van der Waals surface area contributed by atoms with Crippen LogP contribution in [0.5, 0.6) is 11.5 Å². The molecule has 26 heavy (non-hydrogen) atoms. The number of ether oxygens (including phenoxy) is 2. The number of hydrogen-bond acceptors (Lipinski definition) is 2. The zero-order chi connectivity index (χ0) is 18.3. The van der Waals surface area contributed by atoms with Gasteiger partial charge in [-0.1, -0.05) is 48.5 Å². The monoisotopic (exact) mass is 470 g/mol. The molecule has 0 radical (unpaired) electrons. The molecule has 0 fully saturated rings. The Kier molecular flexibility index (Phi) is 4.63. The maximum Gasteiger partial charge on any atom is 0.141 e. The van der Waals surface area contributed by atoms with E-state index < -0.39 is 0 Å². The Balaban J connectivity index is 2.27. The quantitative estimate of drug-likeness (QED) is 0.314. The second-order valence-corrected chi connectivity index (χ2v) is 7.68. The van der Waals surface area contributed by atoms with Gasteiger partial charge in [0.15, 0.2) is 0 Å². The van der Waals surface area contributed by atoms with E-state index in [0.717, 1.165) is 53.1 Å². The molecule has 2 nitrogen and oxygen atoms in total. The molecule has 0 aromatic heterocycles. The van der Waals surface area contributed by atoms with Crippen molar-refractivity contribution in [3.8, 4) is 22.6 Å². The lowest BCUT2D eigenvalue weighted by molar-refractivity contribution is 0.408. The van der Waals surface area contributed by atoms with E-state index in [2.05, 4.69) is 68.3 Å². The van der Waals surface area contributed by atoms with Gasteiger partial charge in [-0.2, -0.15) is 0 Å². The summed E-state index contributed by atoms with van der Waals surface area (Å²) in [6.45, 7) is 0. The van der Waals surface area contributed by atoms with Crippen LogP contribution in [0.3, 0.4) is 0 Å². The van der Waals surface area contributed by atoms with Crippen molar-refractivity contribution in [1.29, 1.82) is 0 Å². The second kappa shape index (κ2) is 6.93. The zero-order valence-corrected chi connectivity index (χ0v) is 17.5. The number of hydrogen-bond donors (Lipinski definition) is 0. The molecule has 0 unspecified atom stereocenters. The van der Waals surface area contributed by atoms with Crippen molar-refractivity contribution in [2.45, 2.75) is 0 Å². The van der Waals surface area contributed by atoms with Crippen molar-refractivity contribution in [2.75, 3.05) is 14.2 Å². The Labute approximate surface area is 169 Å².